The molecule has 2 aromatic heterocycles. The van der Waals surface area contributed by atoms with Gasteiger partial charge in [-0.15, -0.1) is 0 Å². The number of carbonyl (C=O) groups is 1. The molecule has 0 saturated carbocycles. The number of benzene rings is 1. The number of halogens is 6. The highest BCUT2D eigenvalue weighted by Gasteiger charge is 2.37. The zero-order valence-corrected chi connectivity index (χ0v) is 15.9. The fourth-order valence-electron chi connectivity index (χ4n) is 3.07. The Balaban J connectivity index is 1.99. The molecule has 1 atom stereocenters. The first-order chi connectivity index (χ1) is 14.3. The number of rotatable bonds is 5. The van der Waals surface area contributed by atoms with Crippen molar-refractivity contribution in [2.75, 3.05) is 0 Å². The molecule has 1 aromatic carbocycles. The predicted molar refractivity (Wildman–Crippen MR) is 91.8 cm³/mol. The number of hydrogen-bond acceptors (Lipinski definition) is 5. The van der Waals surface area contributed by atoms with Crippen LogP contribution in [0.5, 0.6) is 0 Å². The van der Waals surface area contributed by atoms with E-state index < -0.39 is 46.8 Å². The number of nitrogens with zero attached hydrogens (tertiary/aromatic N) is 4. The first kappa shape index (κ1) is 22.3. The summed E-state index contributed by atoms with van der Waals surface area (Å²) < 4.78 is 84.3. The minimum Gasteiger partial charge on any atom is -0.481 e. The lowest BCUT2D eigenvalue weighted by Gasteiger charge is -2.13. The fourth-order valence-corrected chi connectivity index (χ4v) is 3.07. The van der Waals surface area contributed by atoms with Gasteiger partial charge in [-0.25, -0.2) is 4.98 Å². The largest absolute Gasteiger partial charge is 0.481 e. The SMILES string of the molecule is Cc1noc(C)c1C(Cn1cnc(-c2cc(C(F)(F)F)cc(C(F)(F)F)c2)n1)C(=O)O. The Labute approximate surface area is 170 Å². The summed E-state index contributed by atoms with van der Waals surface area (Å²) in [5.74, 6) is -2.57. The van der Waals surface area contributed by atoms with Gasteiger partial charge in [0, 0.05) is 11.1 Å². The van der Waals surface area contributed by atoms with Gasteiger partial charge in [0.2, 0.25) is 0 Å². The third kappa shape index (κ3) is 4.70. The van der Waals surface area contributed by atoms with Crippen molar-refractivity contribution < 1.29 is 40.8 Å². The second-order valence-electron chi connectivity index (χ2n) is 6.71. The van der Waals surface area contributed by atoms with Crippen LogP contribution in [-0.2, 0) is 23.7 Å². The van der Waals surface area contributed by atoms with E-state index in [2.05, 4.69) is 15.2 Å². The second kappa shape index (κ2) is 7.71. The van der Waals surface area contributed by atoms with E-state index in [1.54, 1.807) is 0 Å². The molecule has 0 spiro atoms. The zero-order chi connectivity index (χ0) is 23.1. The Morgan fingerprint density at radius 2 is 1.68 bits per heavy atom. The number of alkyl halides is 6. The molecule has 0 bridgehead atoms. The molecule has 0 aliphatic rings. The smallest absolute Gasteiger partial charge is 0.416 e. The van der Waals surface area contributed by atoms with Gasteiger partial charge in [0.15, 0.2) is 5.82 Å². The predicted octanol–water partition coefficient (Wildman–Crippen LogP) is 4.46. The van der Waals surface area contributed by atoms with Crippen molar-refractivity contribution in [3.8, 4) is 11.4 Å². The molecule has 0 aliphatic carbocycles. The van der Waals surface area contributed by atoms with Gasteiger partial charge < -0.3 is 9.63 Å². The summed E-state index contributed by atoms with van der Waals surface area (Å²) >= 11 is 0. The van der Waals surface area contributed by atoms with Gasteiger partial charge in [-0.05, 0) is 32.0 Å². The molecular weight excluding hydrogens is 434 g/mol. The summed E-state index contributed by atoms with van der Waals surface area (Å²) in [5, 5.41) is 17.1. The summed E-state index contributed by atoms with van der Waals surface area (Å²) in [6, 6.07) is 0.994. The fraction of sp³-hybridized carbons (Fsp3) is 0.333. The maximum Gasteiger partial charge on any atom is 0.416 e. The lowest BCUT2D eigenvalue weighted by molar-refractivity contribution is -0.143. The first-order valence-corrected chi connectivity index (χ1v) is 8.62. The average molecular weight is 448 g/mol. The van der Waals surface area contributed by atoms with Crippen LogP contribution in [0.4, 0.5) is 26.3 Å². The van der Waals surface area contributed by atoms with Crippen molar-refractivity contribution >= 4 is 5.97 Å². The van der Waals surface area contributed by atoms with Crippen molar-refractivity contribution in [1.82, 2.24) is 19.9 Å². The topological polar surface area (TPSA) is 94.0 Å². The first-order valence-electron chi connectivity index (χ1n) is 8.62. The Bertz CT molecular complexity index is 1060. The molecule has 166 valence electrons. The molecule has 0 aliphatic heterocycles. The maximum absolute atomic E-state index is 13.1. The van der Waals surface area contributed by atoms with Crippen molar-refractivity contribution in [3.63, 3.8) is 0 Å². The standard InChI is InChI=1S/C18H14F6N4O3/c1-8-14(9(2)31-27-8)13(16(29)30)6-28-7-25-15(26-28)10-3-11(17(19,20)21)5-12(4-10)18(22,23)24/h3-5,7,13H,6H2,1-2H3,(H,29,30). The van der Waals surface area contributed by atoms with E-state index in [1.165, 1.54) is 13.8 Å². The molecule has 0 amide bonds. The number of carboxylic acids is 1. The van der Waals surface area contributed by atoms with Crippen LogP contribution in [0.2, 0.25) is 0 Å². The molecule has 1 N–H and O–H groups in total. The minimum atomic E-state index is -5.02. The third-order valence-electron chi connectivity index (χ3n) is 4.49. The molecule has 31 heavy (non-hydrogen) atoms. The molecule has 3 aromatic rings. The van der Waals surface area contributed by atoms with Gasteiger partial charge in [-0.2, -0.15) is 31.4 Å². The van der Waals surface area contributed by atoms with E-state index in [0.29, 0.717) is 23.4 Å². The zero-order valence-electron chi connectivity index (χ0n) is 15.9. The van der Waals surface area contributed by atoms with Crippen LogP contribution in [0.25, 0.3) is 11.4 Å². The molecule has 2 heterocycles. The van der Waals surface area contributed by atoms with E-state index >= 15 is 0 Å². The molecular formula is C18H14F6N4O3. The highest BCUT2D eigenvalue weighted by atomic mass is 19.4. The molecule has 13 heteroatoms. The number of aliphatic carboxylic acids is 1. The van der Waals surface area contributed by atoms with Crippen LogP contribution in [0.1, 0.15) is 34.1 Å². The molecule has 0 radical (unpaired) electrons. The summed E-state index contributed by atoms with van der Waals surface area (Å²) in [5.41, 5.74) is -2.90. The Hall–Kier alpha value is -3.38. The van der Waals surface area contributed by atoms with Crippen LogP contribution in [0, 0.1) is 13.8 Å². The highest BCUT2D eigenvalue weighted by molar-refractivity contribution is 5.76. The Morgan fingerprint density at radius 1 is 1.10 bits per heavy atom. The summed E-state index contributed by atoms with van der Waals surface area (Å²) in [6.07, 6.45) is -9.01. The monoisotopic (exact) mass is 448 g/mol. The molecule has 0 saturated heterocycles. The van der Waals surface area contributed by atoms with Gasteiger partial charge in [0.1, 0.15) is 18.0 Å². The molecule has 7 nitrogen and oxygen atoms in total. The quantitative estimate of drug-likeness (QED) is 0.580. The van der Waals surface area contributed by atoms with Crippen molar-refractivity contribution in [2.24, 2.45) is 0 Å². The van der Waals surface area contributed by atoms with Crippen LogP contribution < -0.4 is 0 Å². The molecule has 3 rings (SSSR count). The van der Waals surface area contributed by atoms with Gasteiger partial charge in [0.25, 0.3) is 0 Å². The number of carboxylic acid groups (broad SMARTS) is 1. The van der Waals surface area contributed by atoms with E-state index in [-0.39, 0.29) is 18.4 Å². The van der Waals surface area contributed by atoms with Crippen LogP contribution in [0.3, 0.4) is 0 Å². The maximum atomic E-state index is 13.1. The van der Waals surface area contributed by atoms with E-state index in [9.17, 15) is 36.2 Å². The summed E-state index contributed by atoms with van der Waals surface area (Å²) in [4.78, 5) is 15.5. The van der Waals surface area contributed by atoms with Crippen LogP contribution >= 0.6 is 0 Å². The van der Waals surface area contributed by atoms with Gasteiger partial charge >= 0.3 is 18.3 Å². The molecule has 0 fully saturated rings. The summed E-state index contributed by atoms with van der Waals surface area (Å²) in [7, 11) is 0. The van der Waals surface area contributed by atoms with Crippen molar-refractivity contribution in [2.45, 2.75) is 38.7 Å². The number of hydrogen-bond donors (Lipinski definition) is 1. The Morgan fingerprint density at radius 3 is 2.13 bits per heavy atom. The van der Waals surface area contributed by atoms with Crippen LogP contribution in [0.15, 0.2) is 29.0 Å². The molecule has 1 unspecified atom stereocenters. The van der Waals surface area contributed by atoms with Gasteiger partial charge in [-0.1, -0.05) is 5.16 Å². The normalized spacial score (nSPS) is 13.4. The third-order valence-corrected chi connectivity index (χ3v) is 4.49. The Kier molecular flexibility index (Phi) is 5.54. The van der Waals surface area contributed by atoms with Crippen molar-refractivity contribution in [3.05, 3.63) is 52.7 Å². The van der Waals surface area contributed by atoms with E-state index in [0.717, 1.165) is 11.0 Å². The van der Waals surface area contributed by atoms with Crippen molar-refractivity contribution in [1.29, 1.82) is 0 Å². The minimum absolute atomic E-state index is 0.00158. The average Bonchev–Trinajstić information content (AvgIpc) is 3.24. The van der Waals surface area contributed by atoms with Gasteiger partial charge in [0.05, 0.1) is 23.4 Å². The second-order valence-corrected chi connectivity index (χ2v) is 6.71. The summed E-state index contributed by atoms with van der Waals surface area (Å²) in [6.45, 7) is 2.76. The lowest BCUT2D eigenvalue weighted by atomic mass is 9.98. The van der Waals surface area contributed by atoms with E-state index in [1.807, 2.05) is 0 Å². The lowest BCUT2D eigenvalue weighted by Crippen LogP contribution is -2.19. The highest BCUT2D eigenvalue weighted by Crippen LogP contribution is 2.38. The van der Waals surface area contributed by atoms with E-state index in [4.69, 9.17) is 4.52 Å². The number of aromatic nitrogens is 4. The number of aryl methyl sites for hydroxylation is 2. The van der Waals surface area contributed by atoms with Crippen LogP contribution in [-0.4, -0.2) is 31.0 Å². The van der Waals surface area contributed by atoms with Gasteiger partial charge in [-0.3, -0.25) is 9.48 Å².